The Hall–Kier alpha value is -2.38. The van der Waals surface area contributed by atoms with Crippen molar-refractivity contribution in [2.24, 2.45) is 5.73 Å². The minimum atomic E-state index is -0.597. The Balaban J connectivity index is 1.68. The molecule has 2 unspecified atom stereocenters. The molecule has 1 saturated heterocycles. The molecule has 3 rings (SSSR count). The minimum Gasteiger partial charge on any atom is -0.372 e. The molecule has 0 aliphatic carbocycles. The number of primary amides is 1. The number of hydrogen-bond acceptors (Lipinski definition) is 5. The molecule has 1 fully saturated rings. The Morgan fingerprint density at radius 2 is 2.07 bits per heavy atom. The Labute approximate surface area is 162 Å². The van der Waals surface area contributed by atoms with Crippen LogP contribution in [0.2, 0.25) is 5.02 Å². The van der Waals surface area contributed by atoms with Crippen LogP contribution in [0.15, 0.2) is 30.5 Å². The standard InChI is InChI=1S/C19H22ClFN4O2/c1-11-9-25(10-12(2)27-11)17-4-3-13(5-16(17)21)7-23-19-15(20)6-14(8-24-19)18(22)26/h3-6,8,11-12H,7,9-10H2,1-2H3,(H2,22,26)(H,23,24). The van der Waals surface area contributed by atoms with E-state index in [1.165, 1.54) is 18.3 Å². The van der Waals surface area contributed by atoms with Crippen LogP contribution >= 0.6 is 11.6 Å². The maximum Gasteiger partial charge on any atom is 0.250 e. The lowest BCUT2D eigenvalue weighted by Gasteiger charge is -2.37. The van der Waals surface area contributed by atoms with Crippen molar-refractivity contribution < 1.29 is 13.9 Å². The van der Waals surface area contributed by atoms with Gasteiger partial charge in [0.1, 0.15) is 11.6 Å². The first kappa shape index (κ1) is 19.4. The lowest BCUT2D eigenvalue weighted by atomic mass is 10.1. The van der Waals surface area contributed by atoms with Crippen LogP contribution in [0.1, 0.15) is 29.8 Å². The maximum atomic E-state index is 14.6. The van der Waals surface area contributed by atoms with Gasteiger partial charge >= 0.3 is 0 Å². The van der Waals surface area contributed by atoms with E-state index in [4.69, 9.17) is 22.1 Å². The van der Waals surface area contributed by atoms with Crippen molar-refractivity contribution in [1.82, 2.24) is 4.98 Å². The first-order valence-corrected chi connectivity index (χ1v) is 9.09. The minimum absolute atomic E-state index is 0.0612. The SMILES string of the molecule is CC1CN(c2ccc(CNc3ncc(C(N)=O)cc3Cl)cc2F)CC(C)O1. The third kappa shape index (κ3) is 4.67. The second kappa shape index (κ2) is 8.10. The van der Waals surface area contributed by atoms with Gasteiger partial charge in [0, 0.05) is 25.8 Å². The highest BCUT2D eigenvalue weighted by molar-refractivity contribution is 6.33. The molecule has 0 bridgehead atoms. The molecule has 0 radical (unpaired) electrons. The zero-order valence-corrected chi connectivity index (χ0v) is 16.0. The van der Waals surface area contributed by atoms with E-state index in [2.05, 4.69) is 10.3 Å². The number of amides is 1. The van der Waals surface area contributed by atoms with Gasteiger partial charge in [-0.05, 0) is 37.6 Å². The first-order valence-electron chi connectivity index (χ1n) is 8.71. The molecule has 8 heteroatoms. The van der Waals surface area contributed by atoms with Gasteiger partial charge in [0.2, 0.25) is 5.91 Å². The van der Waals surface area contributed by atoms with Crippen molar-refractivity contribution in [3.8, 4) is 0 Å². The van der Waals surface area contributed by atoms with E-state index in [-0.39, 0.29) is 28.6 Å². The summed E-state index contributed by atoms with van der Waals surface area (Å²) in [6, 6.07) is 6.59. The lowest BCUT2D eigenvalue weighted by molar-refractivity contribution is -0.00539. The summed E-state index contributed by atoms with van der Waals surface area (Å²) in [6.45, 7) is 5.63. The average Bonchev–Trinajstić information content (AvgIpc) is 2.59. The summed E-state index contributed by atoms with van der Waals surface area (Å²) in [5, 5.41) is 3.32. The molecule has 0 saturated carbocycles. The lowest BCUT2D eigenvalue weighted by Crippen LogP contribution is -2.45. The van der Waals surface area contributed by atoms with Crippen molar-refractivity contribution in [2.45, 2.75) is 32.6 Å². The van der Waals surface area contributed by atoms with Crippen LogP contribution in [-0.2, 0) is 11.3 Å². The molecule has 2 atom stereocenters. The topological polar surface area (TPSA) is 80.5 Å². The van der Waals surface area contributed by atoms with Crippen LogP contribution in [0.3, 0.4) is 0 Å². The summed E-state index contributed by atoms with van der Waals surface area (Å²) in [5.41, 5.74) is 6.75. The molecular formula is C19H22ClFN4O2. The third-order valence-corrected chi connectivity index (χ3v) is 4.65. The van der Waals surface area contributed by atoms with Crippen LogP contribution in [0, 0.1) is 5.82 Å². The summed E-state index contributed by atoms with van der Waals surface area (Å²) in [7, 11) is 0. The number of anilines is 2. The molecule has 0 spiro atoms. The smallest absolute Gasteiger partial charge is 0.250 e. The Morgan fingerprint density at radius 1 is 1.37 bits per heavy atom. The zero-order valence-electron chi connectivity index (χ0n) is 15.2. The van der Waals surface area contributed by atoms with Crippen LogP contribution in [0.5, 0.6) is 0 Å². The van der Waals surface area contributed by atoms with Gasteiger partial charge in [-0.25, -0.2) is 9.37 Å². The molecule has 1 aliphatic heterocycles. The number of carbonyl (C=O) groups is 1. The maximum absolute atomic E-state index is 14.6. The summed E-state index contributed by atoms with van der Waals surface area (Å²) in [5.74, 6) is -0.471. The molecule has 1 amide bonds. The van der Waals surface area contributed by atoms with Gasteiger partial charge in [0.15, 0.2) is 0 Å². The molecular weight excluding hydrogens is 371 g/mol. The normalized spacial score (nSPS) is 19.8. The second-order valence-corrected chi connectivity index (χ2v) is 7.13. The quantitative estimate of drug-likeness (QED) is 0.816. The number of aromatic nitrogens is 1. The van der Waals surface area contributed by atoms with E-state index in [9.17, 15) is 9.18 Å². The van der Waals surface area contributed by atoms with Crippen molar-refractivity contribution in [1.29, 1.82) is 0 Å². The largest absolute Gasteiger partial charge is 0.372 e. The summed E-state index contributed by atoms with van der Waals surface area (Å²) < 4.78 is 20.3. The van der Waals surface area contributed by atoms with Gasteiger partial charge in [-0.15, -0.1) is 0 Å². The van der Waals surface area contributed by atoms with Crippen molar-refractivity contribution >= 4 is 29.0 Å². The zero-order chi connectivity index (χ0) is 19.6. The molecule has 3 N–H and O–H groups in total. The highest BCUT2D eigenvalue weighted by atomic mass is 35.5. The highest BCUT2D eigenvalue weighted by Crippen LogP contribution is 2.25. The van der Waals surface area contributed by atoms with E-state index in [1.54, 1.807) is 6.07 Å². The monoisotopic (exact) mass is 392 g/mol. The predicted octanol–water partition coefficient (Wildman–Crippen LogP) is 3.20. The van der Waals surface area contributed by atoms with Crippen molar-refractivity contribution in [3.63, 3.8) is 0 Å². The van der Waals surface area contributed by atoms with E-state index in [0.717, 1.165) is 5.56 Å². The molecule has 144 valence electrons. The van der Waals surface area contributed by atoms with Gasteiger partial charge in [0.25, 0.3) is 0 Å². The first-order chi connectivity index (χ1) is 12.8. The van der Waals surface area contributed by atoms with Gasteiger partial charge < -0.3 is 20.7 Å². The van der Waals surface area contributed by atoms with Crippen LogP contribution in [0.4, 0.5) is 15.9 Å². The summed E-state index contributed by atoms with van der Waals surface area (Å²) in [6.07, 6.45) is 1.47. The Morgan fingerprint density at radius 3 is 2.67 bits per heavy atom. The number of rotatable bonds is 5. The Kier molecular flexibility index (Phi) is 5.82. The summed E-state index contributed by atoms with van der Waals surface area (Å²) in [4.78, 5) is 17.2. The van der Waals surface area contributed by atoms with E-state index < -0.39 is 5.91 Å². The van der Waals surface area contributed by atoms with Crippen molar-refractivity contribution in [3.05, 3.63) is 52.4 Å². The number of hydrogen-bond donors (Lipinski definition) is 2. The van der Waals surface area contributed by atoms with Crippen LogP contribution < -0.4 is 16.0 Å². The number of morpholine rings is 1. The van der Waals surface area contributed by atoms with Gasteiger partial charge in [-0.2, -0.15) is 0 Å². The number of carbonyl (C=O) groups excluding carboxylic acids is 1. The molecule has 2 heterocycles. The number of nitrogens with zero attached hydrogens (tertiary/aromatic N) is 2. The average molecular weight is 393 g/mol. The Bertz CT molecular complexity index is 838. The number of pyridine rings is 1. The number of halogens is 2. The number of ether oxygens (including phenoxy) is 1. The van der Waals surface area contributed by atoms with Gasteiger partial charge in [0.05, 0.1) is 28.5 Å². The molecule has 2 aromatic rings. The fourth-order valence-electron chi connectivity index (χ4n) is 3.18. The third-order valence-electron chi connectivity index (χ3n) is 4.36. The molecule has 1 aromatic carbocycles. The second-order valence-electron chi connectivity index (χ2n) is 6.72. The molecule has 27 heavy (non-hydrogen) atoms. The molecule has 1 aromatic heterocycles. The van der Waals surface area contributed by atoms with Gasteiger partial charge in [-0.1, -0.05) is 17.7 Å². The van der Waals surface area contributed by atoms with Crippen LogP contribution in [0.25, 0.3) is 0 Å². The number of benzene rings is 1. The van der Waals surface area contributed by atoms with E-state index in [1.807, 2.05) is 24.8 Å². The number of nitrogens with one attached hydrogen (secondary N) is 1. The van der Waals surface area contributed by atoms with E-state index >= 15 is 0 Å². The molecule has 6 nitrogen and oxygen atoms in total. The molecule has 1 aliphatic rings. The van der Waals surface area contributed by atoms with E-state index in [0.29, 0.717) is 31.1 Å². The van der Waals surface area contributed by atoms with Gasteiger partial charge in [-0.3, -0.25) is 4.79 Å². The number of nitrogens with two attached hydrogens (primary N) is 1. The fraction of sp³-hybridized carbons (Fsp3) is 0.368. The van der Waals surface area contributed by atoms with Crippen LogP contribution in [-0.4, -0.2) is 36.2 Å². The van der Waals surface area contributed by atoms with Crippen molar-refractivity contribution in [2.75, 3.05) is 23.3 Å². The summed E-state index contributed by atoms with van der Waals surface area (Å²) >= 11 is 6.10. The highest BCUT2D eigenvalue weighted by Gasteiger charge is 2.24. The predicted molar refractivity (Wildman–Crippen MR) is 104 cm³/mol. The fourth-order valence-corrected chi connectivity index (χ4v) is 3.41.